The SMILES string of the molecule is CCC1=[N+](CC(=O)c2ccc(OC)cc2)CCn2c(C)ccc21. The van der Waals surface area contributed by atoms with E-state index in [0.29, 0.717) is 6.54 Å². The van der Waals surface area contributed by atoms with Crippen molar-refractivity contribution in [2.45, 2.75) is 26.8 Å². The van der Waals surface area contributed by atoms with Gasteiger partial charge in [0.1, 0.15) is 11.4 Å². The molecule has 0 saturated carbocycles. The number of aromatic nitrogens is 1. The lowest BCUT2D eigenvalue weighted by Gasteiger charge is -2.18. The molecule has 1 aliphatic heterocycles. The second-order valence-corrected chi connectivity index (χ2v) is 5.89. The fourth-order valence-corrected chi connectivity index (χ4v) is 3.26. The highest BCUT2D eigenvalue weighted by Gasteiger charge is 2.27. The summed E-state index contributed by atoms with van der Waals surface area (Å²) in [6.45, 7) is 6.54. The number of methoxy groups -OCH3 is 1. The maximum atomic E-state index is 12.6. The van der Waals surface area contributed by atoms with Crippen molar-refractivity contribution >= 4 is 11.5 Å². The molecule has 1 aromatic carbocycles. The van der Waals surface area contributed by atoms with E-state index in [0.717, 1.165) is 30.8 Å². The smallest absolute Gasteiger partial charge is 0.227 e. The maximum Gasteiger partial charge on any atom is 0.227 e. The number of carbonyl (C=O) groups is 1. The first-order chi connectivity index (χ1) is 11.1. The van der Waals surface area contributed by atoms with Crippen LogP contribution >= 0.6 is 0 Å². The molecule has 0 radical (unpaired) electrons. The number of ketones is 1. The monoisotopic (exact) mass is 311 g/mol. The van der Waals surface area contributed by atoms with Gasteiger partial charge in [0.2, 0.25) is 12.3 Å². The Hall–Kier alpha value is -2.36. The number of hydrogen-bond donors (Lipinski definition) is 0. The zero-order valence-corrected chi connectivity index (χ0v) is 14.0. The summed E-state index contributed by atoms with van der Waals surface area (Å²) < 4.78 is 9.71. The lowest BCUT2D eigenvalue weighted by Crippen LogP contribution is -2.36. The Balaban J connectivity index is 1.85. The van der Waals surface area contributed by atoms with Gasteiger partial charge in [-0.25, -0.2) is 4.58 Å². The summed E-state index contributed by atoms with van der Waals surface area (Å²) in [6, 6.07) is 11.7. The van der Waals surface area contributed by atoms with Crippen LogP contribution in [-0.4, -0.2) is 40.8 Å². The minimum Gasteiger partial charge on any atom is -0.497 e. The average molecular weight is 311 g/mol. The van der Waals surface area contributed by atoms with Crippen molar-refractivity contribution in [2.75, 3.05) is 20.2 Å². The minimum atomic E-state index is 0.148. The van der Waals surface area contributed by atoms with Crippen LogP contribution in [0.4, 0.5) is 0 Å². The Kier molecular flexibility index (Phi) is 4.33. The van der Waals surface area contributed by atoms with E-state index in [2.05, 4.69) is 35.1 Å². The molecular formula is C19H23N2O2+. The van der Waals surface area contributed by atoms with Gasteiger partial charge in [-0.1, -0.05) is 6.92 Å². The molecule has 1 aliphatic rings. The summed E-state index contributed by atoms with van der Waals surface area (Å²) in [4.78, 5) is 12.6. The number of hydrogen-bond acceptors (Lipinski definition) is 2. The Labute approximate surface area is 137 Å². The molecule has 0 N–H and O–H groups in total. The molecule has 120 valence electrons. The molecule has 2 aromatic rings. The molecule has 0 unspecified atom stereocenters. The molecule has 0 bridgehead atoms. The van der Waals surface area contributed by atoms with E-state index < -0.39 is 0 Å². The number of aryl methyl sites for hydroxylation is 1. The molecule has 23 heavy (non-hydrogen) atoms. The van der Waals surface area contributed by atoms with Gasteiger partial charge in [0.25, 0.3) is 0 Å². The van der Waals surface area contributed by atoms with Crippen molar-refractivity contribution in [3.8, 4) is 5.75 Å². The molecule has 0 atom stereocenters. The van der Waals surface area contributed by atoms with Gasteiger partial charge in [-0.05, 0) is 43.3 Å². The van der Waals surface area contributed by atoms with Crippen molar-refractivity contribution in [3.05, 3.63) is 53.3 Å². The first kappa shape index (κ1) is 15.5. The Morgan fingerprint density at radius 1 is 1.22 bits per heavy atom. The van der Waals surface area contributed by atoms with Crippen molar-refractivity contribution in [1.29, 1.82) is 0 Å². The molecule has 3 rings (SSSR count). The topological polar surface area (TPSA) is 34.2 Å². The molecule has 1 aromatic heterocycles. The number of nitrogens with zero attached hydrogens (tertiary/aromatic N) is 2. The van der Waals surface area contributed by atoms with Gasteiger partial charge >= 0.3 is 0 Å². The summed E-state index contributed by atoms with van der Waals surface area (Å²) in [6.07, 6.45) is 0.930. The van der Waals surface area contributed by atoms with Gasteiger partial charge in [-0.2, -0.15) is 0 Å². The molecule has 2 heterocycles. The number of carbonyl (C=O) groups excluding carboxylic acids is 1. The lowest BCUT2D eigenvalue weighted by molar-refractivity contribution is -0.519. The molecular weight excluding hydrogens is 288 g/mol. The number of benzene rings is 1. The second kappa shape index (κ2) is 6.41. The van der Waals surface area contributed by atoms with Crippen LogP contribution < -0.4 is 4.74 Å². The molecule has 4 nitrogen and oxygen atoms in total. The zero-order chi connectivity index (χ0) is 16.4. The van der Waals surface area contributed by atoms with Crippen LogP contribution in [0.3, 0.4) is 0 Å². The molecule has 4 heteroatoms. The highest BCUT2D eigenvalue weighted by molar-refractivity contribution is 5.99. The van der Waals surface area contributed by atoms with Crippen LogP contribution in [-0.2, 0) is 6.54 Å². The first-order valence-corrected chi connectivity index (χ1v) is 8.08. The van der Waals surface area contributed by atoms with Gasteiger partial charge in [0, 0.05) is 17.7 Å². The average Bonchev–Trinajstić information content (AvgIpc) is 2.96. The van der Waals surface area contributed by atoms with Gasteiger partial charge in [0.05, 0.1) is 13.7 Å². The first-order valence-electron chi connectivity index (χ1n) is 8.08. The van der Waals surface area contributed by atoms with Crippen molar-refractivity contribution in [3.63, 3.8) is 0 Å². The third kappa shape index (κ3) is 2.93. The van der Waals surface area contributed by atoms with Gasteiger partial charge in [0.15, 0.2) is 12.3 Å². The predicted octanol–water partition coefficient (Wildman–Crippen LogP) is 2.91. The highest BCUT2D eigenvalue weighted by atomic mass is 16.5. The summed E-state index contributed by atoms with van der Waals surface area (Å²) in [5.41, 5.74) is 4.52. The van der Waals surface area contributed by atoms with E-state index in [1.807, 2.05) is 24.3 Å². The van der Waals surface area contributed by atoms with Crippen LogP contribution in [0.15, 0.2) is 36.4 Å². The fraction of sp³-hybridized carbons (Fsp3) is 0.368. The molecule has 0 aliphatic carbocycles. The van der Waals surface area contributed by atoms with E-state index in [1.54, 1.807) is 7.11 Å². The Bertz CT molecular complexity index is 754. The van der Waals surface area contributed by atoms with Crippen LogP contribution in [0.5, 0.6) is 5.75 Å². The number of ether oxygens (including phenoxy) is 1. The fourth-order valence-electron chi connectivity index (χ4n) is 3.26. The third-order valence-corrected chi connectivity index (χ3v) is 4.55. The van der Waals surface area contributed by atoms with E-state index >= 15 is 0 Å². The van der Waals surface area contributed by atoms with Crippen LogP contribution in [0.25, 0.3) is 0 Å². The standard InChI is InChI=1S/C19H23N2O2/c1-4-17-18-10-5-14(2)21(18)12-11-20(17)13-19(22)15-6-8-16(23-3)9-7-15/h5-10H,4,11-13H2,1-3H3/q+1. The number of rotatable bonds is 5. The quantitative estimate of drug-likeness (QED) is 0.628. The van der Waals surface area contributed by atoms with Crippen LogP contribution in [0.2, 0.25) is 0 Å². The highest BCUT2D eigenvalue weighted by Crippen LogP contribution is 2.17. The zero-order valence-electron chi connectivity index (χ0n) is 14.0. The van der Waals surface area contributed by atoms with Crippen LogP contribution in [0, 0.1) is 6.92 Å². The van der Waals surface area contributed by atoms with Crippen molar-refractivity contribution in [1.82, 2.24) is 4.57 Å². The minimum absolute atomic E-state index is 0.148. The predicted molar refractivity (Wildman–Crippen MR) is 90.9 cm³/mol. The Morgan fingerprint density at radius 2 is 1.96 bits per heavy atom. The third-order valence-electron chi connectivity index (χ3n) is 4.55. The molecule has 0 saturated heterocycles. The van der Waals surface area contributed by atoms with E-state index in [-0.39, 0.29) is 5.78 Å². The summed E-state index contributed by atoms with van der Waals surface area (Å²) in [7, 11) is 1.63. The second-order valence-electron chi connectivity index (χ2n) is 5.89. The normalized spacial score (nSPS) is 13.9. The summed E-state index contributed by atoms with van der Waals surface area (Å²) in [5, 5.41) is 0. The molecule has 0 spiro atoms. The van der Waals surface area contributed by atoms with Crippen molar-refractivity contribution < 1.29 is 14.1 Å². The maximum absolute atomic E-state index is 12.6. The largest absolute Gasteiger partial charge is 0.497 e. The van der Waals surface area contributed by atoms with Gasteiger partial charge < -0.3 is 9.30 Å². The summed E-state index contributed by atoms with van der Waals surface area (Å²) >= 11 is 0. The van der Waals surface area contributed by atoms with Gasteiger partial charge in [-0.3, -0.25) is 4.79 Å². The Morgan fingerprint density at radius 3 is 2.61 bits per heavy atom. The summed E-state index contributed by atoms with van der Waals surface area (Å²) in [5.74, 6) is 0.920. The number of Topliss-reactive ketones (excluding diaryl/α,β-unsaturated/α-hetero) is 1. The van der Waals surface area contributed by atoms with Crippen molar-refractivity contribution in [2.24, 2.45) is 0 Å². The number of fused-ring (bicyclic) bond motifs is 1. The lowest BCUT2D eigenvalue weighted by atomic mass is 10.1. The van der Waals surface area contributed by atoms with E-state index in [9.17, 15) is 4.79 Å². The van der Waals surface area contributed by atoms with E-state index in [1.165, 1.54) is 17.1 Å². The van der Waals surface area contributed by atoms with Crippen LogP contribution in [0.1, 0.15) is 35.1 Å². The van der Waals surface area contributed by atoms with E-state index in [4.69, 9.17) is 4.74 Å². The molecule has 0 amide bonds. The van der Waals surface area contributed by atoms with Gasteiger partial charge in [-0.15, -0.1) is 0 Å². The molecule has 0 fully saturated rings.